The lowest BCUT2D eigenvalue weighted by atomic mass is 9.78. The maximum Gasteiger partial charge on any atom is 0.0485 e. The van der Waals surface area contributed by atoms with Crippen molar-refractivity contribution in [3.05, 3.63) is 232 Å². The zero-order valence-electron chi connectivity index (χ0n) is 53.5. The summed E-state index contributed by atoms with van der Waals surface area (Å²) in [5, 5.41) is 4.20. The lowest BCUT2D eigenvalue weighted by molar-refractivity contribution is 0.567. The molecule has 0 aliphatic carbocycles. The second kappa shape index (κ2) is 19.6. The number of H-pyrrole nitrogens is 4. The minimum Gasteiger partial charge on any atom is -0.354 e. The Balaban J connectivity index is 1.53. The number of hydrogen-bond acceptors (Lipinski definition) is 0. The number of nitrogens with one attached hydrogen (secondary N) is 4. The minimum absolute atomic E-state index is 0.0842. The molecule has 8 bridgehead atoms. The van der Waals surface area contributed by atoms with E-state index in [1.807, 2.05) is 0 Å². The number of aromatic nitrogens is 4. The van der Waals surface area contributed by atoms with Gasteiger partial charge in [-0.05, 0) is 159 Å². The molecule has 4 aromatic carbocycles. The summed E-state index contributed by atoms with van der Waals surface area (Å²) in [7, 11) is 0. The van der Waals surface area contributed by atoms with Crippen LogP contribution in [-0.2, 0) is 43.3 Å². The monoisotopic (exact) mass is 1060 g/mol. The first-order valence-corrected chi connectivity index (χ1v) is 29.6. The molecule has 0 unspecified atom stereocenters. The largest absolute Gasteiger partial charge is 0.354 e. The normalized spacial score (nSPS) is 14.4. The summed E-state index contributed by atoms with van der Waals surface area (Å²) in [4.78, 5) is 16.7. The summed E-state index contributed by atoms with van der Waals surface area (Å²) in [6.07, 6.45) is 0. The molecule has 0 spiro atoms. The summed E-state index contributed by atoms with van der Waals surface area (Å²) in [5.41, 5.74) is 23.3. The Bertz CT molecular complexity index is 3300. The van der Waals surface area contributed by atoms with Crippen LogP contribution in [0.2, 0.25) is 0 Å². The molecule has 4 aromatic heterocycles. The third-order valence-electron chi connectivity index (χ3n) is 16.7. The van der Waals surface area contributed by atoms with Crippen molar-refractivity contribution in [2.45, 2.75) is 209 Å². The molecule has 420 valence electrons. The molecule has 4 heteroatoms. The molecular weight excluding hydrogens is 969 g/mol. The fraction of sp³-hybridized carbons (Fsp3) is 0.421. The van der Waals surface area contributed by atoms with Crippen molar-refractivity contribution < 1.29 is 0 Å². The summed E-state index contributed by atoms with van der Waals surface area (Å²) in [6, 6.07) is 47.8. The molecule has 80 heavy (non-hydrogen) atoms. The molecule has 1 aliphatic rings. The van der Waals surface area contributed by atoms with Gasteiger partial charge in [-0.3, -0.25) is 0 Å². The van der Waals surface area contributed by atoms with Crippen molar-refractivity contribution in [2.24, 2.45) is 0 Å². The maximum atomic E-state index is 4.17. The van der Waals surface area contributed by atoms with Crippen LogP contribution in [0.4, 0.5) is 0 Å². The topological polar surface area (TPSA) is 63.2 Å². The van der Waals surface area contributed by atoms with E-state index in [-0.39, 0.29) is 43.3 Å². The second-order valence-electron chi connectivity index (χ2n) is 31.8. The fourth-order valence-corrected chi connectivity index (χ4v) is 11.1. The number of fused-ring (bicyclic) bond motifs is 8. The number of rotatable bonds is 4. The van der Waals surface area contributed by atoms with E-state index < -0.39 is 0 Å². The van der Waals surface area contributed by atoms with Crippen molar-refractivity contribution in [2.75, 3.05) is 0 Å². The summed E-state index contributed by atoms with van der Waals surface area (Å²) in [6.45, 7) is 56.1. The smallest absolute Gasteiger partial charge is 0.0485 e. The molecule has 4 nitrogen and oxygen atoms in total. The van der Waals surface area contributed by atoms with E-state index in [9.17, 15) is 0 Å². The summed E-state index contributed by atoms with van der Waals surface area (Å²) >= 11 is 0. The third-order valence-corrected chi connectivity index (χ3v) is 16.7. The first kappa shape index (κ1) is 58.1. The SMILES string of the molecule is CC(C)(C)c1cc(C2=c3ccc([nH]3)=C(c3cc(C(C)(C)C)cc(C(C)(C)C)c3)c3ccc([nH]3)C(c3cc(C(C)(C)C)cc(C(C)(C)C)c3)=c3ccc([nH]3)=C(c3cc(C(C)(C)C)cc(C(C)(C)C)c3)c3ccc2[nH]3)cc(C(C)(C)C)c1. The molecule has 0 atom stereocenters. The van der Waals surface area contributed by atoms with Gasteiger partial charge in [0.25, 0.3) is 0 Å². The van der Waals surface area contributed by atoms with Gasteiger partial charge in [-0.1, -0.05) is 239 Å². The van der Waals surface area contributed by atoms with Crippen LogP contribution in [0.5, 0.6) is 0 Å². The Morgan fingerprint density at radius 2 is 0.338 bits per heavy atom. The average Bonchev–Trinajstić information content (AvgIpc) is 4.17. The Hall–Kier alpha value is -6.52. The van der Waals surface area contributed by atoms with Crippen LogP contribution in [0.1, 0.15) is 256 Å². The van der Waals surface area contributed by atoms with Crippen molar-refractivity contribution in [3.63, 3.8) is 0 Å². The van der Waals surface area contributed by atoms with Crippen LogP contribution in [0.3, 0.4) is 0 Å². The van der Waals surface area contributed by atoms with Crippen LogP contribution < -0.4 is 21.4 Å². The average molecular weight is 1070 g/mol. The van der Waals surface area contributed by atoms with Gasteiger partial charge in [0.05, 0.1) is 0 Å². The van der Waals surface area contributed by atoms with E-state index in [0.717, 1.165) is 66.5 Å². The van der Waals surface area contributed by atoms with Crippen molar-refractivity contribution >= 4 is 22.3 Å². The zero-order valence-corrected chi connectivity index (χ0v) is 53.5. The van der Waals surface area contributed by atoms with E-state index in [4.69, 9.17) is 0 Å². The van der Waals surface area contributed by atoms with Crippen molar-refractivity contribution in [3.8, 4) is 0 Å². The molecule has 9 rings (SSSR count). The van der Waals surface area contributed by atoms with Crippen LogP contribution in [0.15, 0.2) is 121 Å². The number of hydrogen-bond donors (Lipinski definition) is 4. The van der Waals surface area contributed by atoms with E-state index in [0.29, 0.717) is 0 Å². The minimum atomic E-state index is -0.0842. The van der Waals surface area contributed by atoms with Gasteiger partial charge < -0.3 is 19.9 Å². The van der Waals surface area contributed by atoms with Gasteiger partial charge in [-0.25, -0.2) is 0 Å². The Morgan fingerprint density at radius 3 is 0.475 bits per heavy atom. The van der Waals surface area contributed by atoms with E-state index in [1.165, 1.54) is 66.8 Å². The van der Waals surface area contributed by atoms with Gasteiger partial charge in [0.1, 0.15) is 0 Å². The number of aromatic amines is 4. The first-order chi connectivity index (χ1) is 36.6. The highest BCUT2D eigenvalue weighted by molar-refractivity contribution is 5.86. The Labute approximate surface area is 481 Å². The van der Waals surface area contributed by atoms with Crippen molar-refractivity contribution in [1.29, 1.82) is 0 Å². The van der Waals surface area contributed by atoms with Gasteiger partial charge in [-0.15, -0.1) is 0 Å². The summed E-state index contributed by atoms with van der Waals surface area (Å²) in [5.74, 6) is 0. The van der Waals surface area contributed by atoms with Gasteiger partial charge in [0.2, 0.25) is 0 Å². The van der Waals surface area contributed by atoms with Gasteiger partial charge in [0.15, 0.2) is 0 Å². The fourth-order valence-electron chi connectivity index (χ4n) is 11.1. The highest BCUT2D eigenvalue weighted by atomic mass is 14.8. The first-order valence-electron chi connectivity index (χ1n) is 29.6. The van der Waals surface area contributed by atoms with E-state index in [2.05, 4.69) is 307 Å². The molecule has 1 aliphatic heterocycles. The highest BCUT2D eigenvalue weighted by Crippen LogP contribution is 2.40. The second-order valence-corrected chi connectivity index (χ2v) is 31.8. The van der Waals surface area contributed by atoms with Crippen molar-refractivity contribution in [1.82, 2.24) is 19.9 Å². The van der Waals surface area contributed by atoms with Crippen LogP contribution >= 0.6 is 0 Å². The molecule has 0 radical (unpaired) electrons. The lowest BCUT2D eigenvalue weighted by Gasteiger charge is -2.27. The lowest BCUT2D eigenvalue weighted by Crippen LogP contribution is -2.22. The van der Waals surface area contributed by atoms with Crippen LogP contribution in [-0.4, -0.2) is 19.9 Å². The molecule has 0 saturated heterocycles. The quantitative estimate of drug-likeness (QED) is 0.136. The third kappa shape index (κ3) is 11.8. The van der Waals surface area contributed by atoms with E-state index >= 15 is 0 Å². The Kier molecular flexibility index (Phi) is 14.2. The Morgan fingerprint density at radius 1 is 0.188 bits per heavy atom. The van der Waals surface area contributed by atoms with Crippen LogP contribution in [0, 0.1) is 0 Å². The van der Waals surface area contributed by atoms with Gasteiger partial charge in [-0.2, -0.15) is 0 Å². The van der Waals surface area contributed by atoms with E-state index in [1.54, 1.807) is 0 Å². The standard InChI is InChI=1S/C76H96N4/c1-69(2,3)49-33-45(34-50(41-49)70(4,5)6)65-57-25-27-59(77-57)66(46-35-51(71(7,8)9)42-52(36-46)72(10,11)12)61-29-31-63(79-61)68(48-39-55(75(19,20)21)44-56(40-48)76(22,23)24)64-32-30-62(80-64)67(60-28-26-58(65)78-60)47-37-53(73(13,14)15)43-54(38-47)74(16,17)18/h25-44,77-80H,1-24H3. The van der Waals surface area contributed by atoms with Crippen LogP contribution in [0.25, 0.3) is 22.3 Å². The number of benzene rings is 4. The van der Waals surface area contributed by atoms with Gasteiger partial charge >= 0.3 is 0 Å². The molecule has 0 amide bonds. The predicted octanol–water partition coefficient (Wildman–Crippen LogP) is 16.7. The highest BCUT2D eigenvalue weighted by Gasteiger charge is 2.29. The molecule has 5 heterocycles. The predicted molar refractivity (Wildman–Crippen MR) is 343 cm³/mol. The molecular formula is C76H96N4. The zero-order chi connectivity index (χ0) is 58.8. The molecule has 0 fully saturated rings. The molecule has 8 aromatic rings. The maximum absolute atomic E-state index is 4.17. The molecule has 0 saturated carbocycles. The summed E-state index contributed by atoms with van der Waals surface area (Å²) < 4.78 is 0. The molecule has 4 N–H and O–H groups in total. The van der Waals surface area contributed by atoms with Gasteiger partial charge in [0, 0.05) is 66.5 Å².